The van der Waals surface area contributed by atoms with Crippen LogP contribution in [0.1, 0.15) is 237 Å². The first-order valence-corrected chi connectivity index (χ1v) is 19.4. The van der Waals surface area contributed by atoms with Gasteiger partial charge in [-0.05, 0) is 76.6 Å². The summed E-state index contributed by atoms with van der Waals surface area (Å²) in [4.78, 5) is 19.9. The lowest BCUT2D eigenvalue weighted by Crippen LogP contribution is -1.88. The van der Waals surface area contributed by atoms with Gasteiger partial charge in [-0.3, -0.25) is 15.0 Å². The molecular weight excluding hydrogens is 683 g/mol. The fourth-order valence-corrected chi connectivity index (χ4v) is 2.79. The van der Waals surface area contributed by atoms with Gasteiger partial charge in [-0.25, -0.2) is 9.97 Å². The van der Waals surface area contributed by atoms with Crippen LogP contribution in [0.15, 0.2) is 92.2 Å². The molecule has 4 aromatic rings. The lowest BCUT2D eigenvalue weighted by Gasteiger charge is -2.01. The van der Waals surface area contributed by atoms with Gasteiger partial charge in [0.25, 0.3) is 0 Å². The van der Waals surface area contributed by atoms with E-state index in [4.69, 9.17) is 0 Å². The Morgan fingerprint density at radius 1 is 0.357 bits per heavy atom. The van der Waals surface area contributed by atoms with Gasteiger partial charge >= 0.3 is 0 Å². The first-order chi connectivity index (χ1) is 24.0. The molecule has 0 fully saturated rings. The molecule has 4 aromatic heterocycles. The molecule has 0 saturated carbocycles. The van der Waals surface area contributed by atoms with Gasteiger partial charge in [0.15, 0.2) is 0 Å². The molecule has 56 heavy (non-hydrogen) atoms. The van der Waals surface area contributed by atoms with E-state index in [0.717, 1.165) is 11.6 Å². The molecule has 0 bridgehead atoms. The molecule has 4 rings (SSSR count). The first-order valence-electron chi connectivity index (χ1n) is 19.4. The highest BCUT2D eigenvalue weighted by molar-refractivity contribution is 5.13. The third kappa shape index (κ3) is 62.5. The zero-order valence-corrected chi connectivity index (χ0v) is 36.8. The number of hydrogen-bond acceptors (Lipinski definition) is 5. The molecule has 0 spiro atoms. The van der Waals surface area contributed by atoms with Crippen LogP contribution in [0.5, 0.6) is 0 Å². The summed E-state index contributed by atoms with van der Waals surface area (Å²) in [5, 5.41) is 0. The molecule has 0 aliphatic heterocycles. The highest BCUT2D eigenvalue weighted by atomic mass is 14.8. The Labute approximate surface area is 359 Å². The van der Waals surface area contributed by atoms with E-state index in [1.807, 2.05) is 143 Å². The largest absolute Gasteiger partial charge is 0.265 e. The third-order valence-corrected chi connectivity index (χ3v) is 5.25. The van der Waals surface area contributed by atoms with Gasteiger partial charge in [0.05, 0.1) is 0 Å². The van der Waals surface area contributed by atoms with Crippen molar-refractivity contribution in [2.24, 2.45) is 5.92 Å². The maximum Gasteiger partial charge on any atom is 0.115 e. The Morgan fingerprint density at radius 3 is 0.946 bits per heavy atom. The van der Waals surface area contributed by atoms with Crippen molar-refractivity contribution in [3.8, 4) is 0 Å². The second-order valence-electron chi connectivity index (χ2n) is 11.3. The van der Waals surface area contributed by atoms with E-state index in [1.165, 1.54) is 16.7 Å². The van der Waals surface area contributed by atoms with Crippen LogP contribution >= 0.6 is 0 Å². The number of nitrogens with zero attached hydrogens (tertiary/aromatic N) is 5. The average molecular weight is 793 g/mol. The Morgan fingerprint density at radius 2 is 0.732 bits per heavy atom. The van der Waals surface area contributed by atoms with Gasteiger partial charge in [-0.2, -0.15) is 0 Å². The summed E-state index contributed by atoms with van der Waals surface area (Å²) in [6.07, 6.45) is 14.4. The van der Waals surface area contributed by atoms with E-state index in [-0.39, 0.29) is 46.0 Å². The maximum atomic E-state index is 4.18. The molecular formula is C51H109N5. The summed E-state index contributed by atoms with van der Waals surface area (Å²) < 4.78 is 0. The summed E-state index contributed by atoms with van der Waals surface area (Å²) in [6.45, 7) is 43.7. The molecule has 5 heteroatoms. The molecule has 0 aliphatic carbocycles. The monoisotopic (exact) mass is 793 g/mol. The van der Waals surface area contributed by atoms with Crippen molar-refractivity contribution in [1.82, 2.24) is 24.9 Å². The molecule has 0 aromatic carbocycles. The van der Waals surface area contributed by atoms with Crippen molar-refractivity contribution in [3.05, 3.63) is 115 Å². The quantitative estimate of drug-likeness (QED) is 0.206. The van der Waals surface area contributed by atoms with Crippen molar-refractivity contribution in [2.45, 2.75) is 214 Å². The minimum absolute atomic E-state index is 0. The molecule has 0 atom stereocenters. The van der Waals surface area contributed by atoms with Gasteiger partial charge in [0, 0.05) is 50.5 Å². The standard InChI is InChI=1S/3C8H11N.C7H10N2.C4H10.5C2H6.6CH4.H2/c1-7(2)8-3-5-9-6-4-8;1-7(2)8-4-3-5-9-6-8;1-7(2)8-5-3-4-6-9-8;1-6(2)7-3-8-5-9-4-7;1-4(2)3;5*1-2;;;;;;;/h3*3-7H,1-2H3;3-6H,1-2H3;4H,1-3H3;5*1-2H3;6*1H4;1H/i;;;;;;;;;;;;;;;;1+1. The number of hydrogen-bond donors (Lipinski definition) is 0. The second kappa shape index (κ2) is 69.4. The first kappa shape index (κ1) is 84.9. The molecule has 0 N–H and O–H groups in total. The predicted molar refractivity (Wildman–Crippen MR) is 271 cm³/mol. The van der Waals surface area contributed by atoms with E-state index in [0.29, 0.717) is 23.7 Å². The highest BCUT2D eigenvalue weighted by Gasteiger charge is 1.97. The van der Waals surface area contributed by atoms with E-state index in [1.54, 1.807) is 12.5 Å². The Balaban J connectivity index is -0.0000000359. The van der Waals surface area contributed by atoms with Crippen LogP contribution in [0.2, 0.25) is 0 Å². The lowest BCUT2D eigenvalue weighted by molar-refractivity contribution is 0.737. The SMILES string of the molecule is C.C.C.C.C.C.CC.CC.CC.CC.CC.CC(C)C.CC(C)c1ccccn1.CC(C)c1cccnc1.CC(C)c1ccncc1.CC(C)c1cncnc1.[2HH]. The predicted octanol–water partition coefficient (Wildman–Crippen LogP) is 19.1. The molecule has 0 amide bonds. The van der Waals surface area contributed by atoms with E-state index in [2.05, 4.69) is 107 Å². The van der Waals surface area contributed by atoms with Crippen molar-refractivity contribution >= 4 is 0 Å². The van der Waals surface area contributed by atoms with Crippen LogP contribution in [-0.4, -0.2) is 24.9 Å². The second-order valence-corrected chi connectivity index (χ2v) is 11.3. The van der Waals surface area contributed by atoms with E-state index < -0.39 is 0 Å². The molecule has 338 valence electrons. The zero-order valence-electron chi connectivity index (χ0n) is 36.8. The Hall–Kier alpha value is -3.47. The number of aromatic nitrogens is 5. The van der Waals surface area contributed by atoms with Crippen LogP contribution in [0.4, 0.5) is 0 Å². The van der Waals surface area contributed by atoms with Gasteiger partial charge < -0.3 is 0 Å². The minimum Gasteiger partial charge on any atom is -0.265 e. The van der Waals surface area contributed by atoms with Gasteiger partial charge in [0.1, 0.15) is 6.33 Å². The minimum atomic E-state index is 0. The Bertz CT molecular complexity index is 899. The van der Waals surface area contributed by atoms with Crippen LogP contribution < -0.4 is 0 Å². The van der Waals surface area contributed by atoms with Crippen molar-refractivity contribution in [3.63, 3.8) is 0 Å². The summed E-state index contributed by atoms with van der Waals surface area (Å²) in [5.74, 6) is 3.13. The fourth-order valence-electron chi connectivity index (χ4n) is 2.79. The van der Waals surface area contributed by atoms with Crippen LogP contribution in [0, 0.1) is 5.92 Å². The van der Waals surface area contributed by atoms with Gasteiger partial charge in [0.2, 0.25) is 0 Å². The molecule has 0 aliphatic rings. The maximum absolute atomic E-state index is 4.18. The normalized spacial score (nSPS) is 7.68. The van der Waals surface area contributed by atoms with Crippen LogP contribution in [-0.2, 0) is 0 Å². The van der Waals surface area contributed by atoms with Crippen molar-refractivity contribution in [1.29, 1.82) is 0 Å². The summed E-state index contributed by atoms with van der Waals surface area (Å²) >= 11 is 0. The smallest absolute Gasteiger partial charge is 0.115 e. The van der Waals surface area contributed by atoms with Crippen LogP contribution in [0.3, 0.4) is 0 Å². The Kier molecular flexibility index (Phi) is 105. The number of pyridine rings is 3. The third-order valence-electron chi connectivity index (χ3n) is 5.25. The summed E-state index contributed by atoms with van der Waals surface area (Å²) in [7, 11) is 0. The summed E-state index contributed by atoms with van der Waals surface area (Å²) in [5.41, 5.74) is 5.01. The van der Waals surface area contributed by atoms with Gasteiger partial charge in [-0.1, -0.05) is 202 Å². The van der Waals surface area contributed by atoms with E-state index in [9.17, 15) is 0 Å². The number of rotatable bonds is 4. The molecule has 4 heterocycles. The lowest BCUT2D eigenvalue weighted by atomic mass is 10.1. The zero-order chi connectivity index (χ0) is 40.3. The molecule has 0 saturated heterocycles. The van der Waals surface area contributed by atoms with Crippen LogP contribution in [0.25, 0.3) is 0 Å². The van der Waals surface area contributed by atoms with Crippen molar-refractivity contribution in [2.75, 3.05) is 0 Å². The van der Waals surface area contributed by atoms with E-state index >= 15 is 0 Å². The van der Waals surface area contributed by atoms with Gasteiger partial charge in [-0.15, -0.1) is 0 Å². The molecule has 0 radical (unpaired) electrons. The highest BCUT2D eigenvalue weighted by Crippen LogP contribution is 2.12. The fraction of sp³-hybridized carbons (Fsp3) is 0.627. The average Bonchev–Trinajstić information content (AvgIpc) is 3.17. The van der Waals surface area contributed by atoms with Crippen molar-refractivity contribution < 1.29 is 1.43 Å². The molecule has 0 unspecified atom stereocenters. The topological polar surface area (TPSA) is 64.5 Å². The summed E-state index contributed by atoms with van der Waals surface area (Å²) in [6, 6.07) is 14.2. The molecule has 5 nitrogen and oxygen atoms in total.